The molecule has 0 radical (unpaired) electrons. The Hall–Kier alpha value is -2.47. The molecule has 0 saturated heterocycles. The van der Waals surface area contributed by atoms with E-state index in [4.69, 9.17) is 23.2 Å². The van der Waals surface area contributed by atoms with Gasteiger partial charge in [-0.1, -0.05) is 53.0 Å². The van der Waals surface area contributed by atoms with Crippen LogP contribution in [-0.2, 0) is 4.79 Å². The molecule has 4 nitrogen and oxygen atoms in total. The van der Waals surface area contributed by atoms with E-state index in [1.54, 1.807) is 24.3 Å². The monoisotopic (exact) mass is 444 g/mol. The molecule has 0 aliphatic rings. The topological polar surface area (TPSA) is 58.2 Å². The number of nitrogens with one attached hydrogen (secondary N) is 2. The minimum atomic E-state index is -0.201. The standard InChI is InChI=1S/C22H18Cl2N2O2S/c1-14-5-2-6-15(11-14)22(28)25-16-7-3-8-17(12-16)29-13-20(27)26-19-10-4-9-18(23)21(19)24/h2-12H,13H2,1H3,(H,25,28)(H,26,27). The minimum Gasteiger partial charge on any atom is -0.324 e. The number of benzene rings is 3. The molecule has 3 aromatic rings. The average molecular weight is 445 g/mol. The van der Waals surface area contributed by atoms with Gasteiger partial charge in [0, 0.05) is 16.1 Å². The highest BCUT2D eigenvalue weighted by Crippen LogP contribution is 2.30. The molecule has 0 unspecified atom stereocenters. The molecule has 0 aromatic heterocycles. The Bertz CT molecular complexity index is 1060. The molecule has 3 rings (SSSR count). The van der Waals surface area contributed by atoms with Crippen LogP contribution in [0.5, 0.6) is 0 Å². The fraction of sp³-hybridized carbons (Fsp3) is 0.0909. The van der Waals surface area contributed by atoms with Gasteiger partial charge in [0.1, 0.15) is 0 Å². The smallest absolute Gasteiger partial charge is 0.255 e. The van der Waals surface area contributed by atoms with Crippen molar-refractivity contribution in [2.24, 2.45) is 0 Å². The molecule has 2 amide bonds. The molecule has 148 valence electrons. The van der Waals surface area contributed by atoms with Crippen LogP contribution >= 0.6 is 35.0 Å². The third-order valence-corrected chi connectivity index (χ3v) is 5.78. The Labute approximate surface area is 183 Å². The van der Waals surface area contributed by atoms with Crippen LogP contribution in [0.1, 0.15) is 15.9 Å². The van der Waals surface area contributed by atoms with Gasteiger partial charge < -0.3 is 10.6 Å². The van der Waals surface area contributed by atoms with E-state index in [0.29, 0.717) is 27.0 Å². The summed E-state index contributed by atoms with van der Waals surface area (Å²) < 4.78 is 0. The van der Waals surface area contributed by atoms with E-state index < -0.39 is 0 Å². The first kappa shape index (κ1) is 21.2. The second kappa shape index (κ2) is 9.83. The summed E-state index contributed by atoms with van der Waals surface area (Å²) in [6.45, 7) is 1.94. The third-order valence-electron chi connectivity index (χ3n) is 3.97. The van der Waals surface area contributed by atoms with Gasteiger partial charge in [-0.25, -0.2) is 0 Å². The molecule has 0 heterocycles. The summed E-state index contributed by atoms with van der Waals surface area (Å²) >= 11 is 13.4. The Morgan fingerprint density at radius 1 is 0.931 bits per heavy atom. The van der Waals surface area contributed by atoms with Crippen molar-refractivity contribution in [1.29, 1.82) is 0 Å². The van der Waals surface area contributed by atoms with Gasteiger partial charge in [-0.2, -0.15) is 0 Å². The Morgan fingerprint density at radius 3 is 2.48 bits per heavy atom. The zero-order valence-electron chi connectivity index (χ0n) is 15.5. The summed E-state index contributed by atoms with van der Waals surface area (Å²) in [5, 5.41) is 6.33. The minimum absolute atomic E-state index is 0.177. The molecule has 7 heteroatoms. The zero-order chi connectivity index (χ0) is 20.8. The van der Waals surface area contributed by atoms with Crippen LogP contribution in [0.2, 0.25) is 10.0 Å². The maximum atomic E-state index is 12.4. The lowest BCUT2D eigenvalue weighted by Gasteiger charge is -2.09. The predicted molar refractivity (Wildman–Crippen MR) is 121 cm³/mol. The van der Waals surface area contributed by atoms with Gasteiger partial charge in [0.15, 0.2) is 0 Å². The van der Waals surface area contributed by atoms with E-state index in [2.05, 4.69) is 10.6 Å². The fourth-order valence-electron chi connectivity index (χ4n) is 2.59. The van der Waals surface area contributed by atoms with Crippen molar-refractivity contribution < 1.29 is 9.59 Å². The first-order valence-electron chi connectivity index (χ1n) is 8.77. The predicted octanol–water partition coefficient (Wildman–Crippen LogP) is 6.28. The molecule has 0 saturated carbocycles. The van der Waals surface area contributed by atoms with Gasteiger partial charge >= 0.3 is 0 Å². The molecule has 2 N–H and O–H groups in total. The van der Waals surface area contributed by atoms with Crippen molar-refractivity contribution in [2.45, 2.75) is 11.8 Å². The van der Waals surface area contributed by atoms with Crippen molar-refractivity contribution >= 4 is 58.2 Å². The highest BCUT2D eigenvalue weighted by atomic mass is 35.5. The number of thioether (sulfide) groups is 1. The van der Waals surface area contributed by atoms with E-state index in [1.807, 2.05) is 49.4 Å². The normalized spacial score (nSPS) is 10.4. The second-order valence-corrected chi connectivity index (χ2v) is 8.12. The molecule has 29 heavy (non-hydrogen) atoms. The number of carbonyl (C=O) groups excluding carboxylic acids is 2. The summed E-state index contributed by atoms with van der Waals surface area (Å²) in [4.78, 5) is 25.5. The number of aryl methyl sites for hydroxylation is 1. The molecule has 0 fully saturated rings. The zero-order valence-corrected chi connectivity index (χ0v) is 17.9. The lowest BCUT2D eigenvalue weighted by atomic mass is 10.1. The summed E-state index contributed by atoms with van der Waals surface area (Å²) in [5.74, 6) is -0.185. The van der Waals surface area contributed by atoms with E-state index in [1.165, 1.54) is 11.8 Å². The number of hydrogen-bond acceptors (Lipinski definition) is 3. The van der Waals surface area contributed by atoms with Crippen molar-refractivity contribution in [2.75, 3.05) is 16.4 Å². The number of carbonyl (C=O) groups is 2. The summed E-state index contributed by atoms with van der Waals surface area (Å²) in [6, 6.07) is 19.8. The highest BCUT2D eigenvalue weighted by molar-refractivity contribution is 8.00. The van der Waals surface area contributed by atoms with Crippen LogP contribution in [0.4, 0.5) is 11.4 Å². The molecular formula is C22H18Cl2N2O2S. The van der Waals surface area contributed by atoms with E-state index >= 15 is 0 Å². The molecule has 3 aromatic carbocycles. The lowest BCUT2D eigenvalue weighted by molar-refractivity contribution is -0.113. The van der Waals surface area contributed by atoms with E-state index in [9.17, 15) is 9.59 Å². The summed E-state index contributed by atoms with van der Waals surface area (Å²) in [5.41, 5.74) is 2.76. The number of anilines is 2. The first-order chi connectivity index (χ1) is 13.9. The Kier molecular flexibility index (Phi) is 7.20. The number of hydrogen-bond donors (Lipinski definition) is 2. The lowest BCUT2D eigenvalue weighted by Crippen LogP contribution is -2.14. The van der Waals surface area contributed by atoms with Gasteiger partial charge in [0.25, 0.3) is 5.91 Å². The van der Waals surface area contributed by atoms with E-state index in [0.717, 1.165) is 10.5 Å². The number of amides is 2. The van der Waals surface area contributed by atoms with E-state index in [-0.39, 0.29) is 17.6 Å². The largest absolute Gasteiger partial charge is 0.324 e. The number of halogens is 2. The van der Waals surface area contributed by atoms with Crippen LogP contribution in [0.25, 0.3) is 0 Å². The van der Waals surface area contributed by atoms with Gasteiger partial charge in [-0.15, -0.1) is 11.8 Å². The Morgan fingerprint density at radius 2 is 1.69 bits per heavy atom. The second-order valence-electron chi connectivity index (χ2n) is 6.29. The molecule has 0 bridgehead atoms. The molecule has 0 aliphatic heterocycles. The number of rotatable bonds is 6. The first-order valence-corrected chi connectivity index (χ1v) is 10.5. The van der Waals surface area contributed by atoms with Gasteiger partial charge in [0.2, 0.25) is 5.91 Å². The van der Waals surface area contributed by atoms with Crippen LogP contribution in [0.3, 0.4) is 0 Å². The van der Waals surface area contributed by atoms with Gasteiger partial charge in [0.05, 0.1) is 21.5 Å². The molecular weight excluding hydrogens is 427 g/mol. The third kappa shape index (κ3) is 6.00. The van der Waals surface area contributed by atoms with Crippen LogP contribution in [0, 0.1) is 6.92 Å². The van der Waals surface area contributed by atoms with Crippen LogP contribution in [0.15, 0.2) is 71.6 Å². The van der Waals surface area contributed by atoms with Crippen molar-refractivity contribution in [3.8, 4) is 0 Å². The van der Waals surface area contributed by atoms with Crippen LogP contribution in [-0.4, -0.2) is 17.6 Å². The quantitative estimate of drug-likeness (QED) is 0.439. The van der Waals surface area contributed by atoms with Crippen molar-refractivity contribution in [1.82, 2.24) is 0 Å². The molecule has 0 aliphatic carbocycles. The van der Waals surface area contributed by atoms with Crippen LogP contribution < -0.4 is 10.6 Å². The fourth-order valence-corrected chi connectivity index (χ4v) is 3.69. The molecule has 0 spiro atoms. The van der Waals surface area contributed by atoms with Gasteiger partial charge in [-0.3, -0.25) is 9.59 Å². The average Bonchev–Trinajstić information content (AvgIpc) is 2.70. The summed E-state index contributed by atoms with van der Waals surface area (Å²) in [6.07, 6.45) is 0. The maximum absolute atomic E-state index is 12.4. The van der Waals surface area contributed by atoms with Gasteiger partial charge in [-0.05, 0) is 49.4 Å². The SMILES string of the molecule is Cc1cccc(C(=O)Nc2cccc(SCC(=O)Nc3cccc(Cl)c3Cl)c2)c1. The highest BCUT2D eigenvalue weighted by Gasteiger charge is 2.10. The maximum Gasteiger partial charge on any atom is 0.255 e. The summed E-state index contributed by atoms with van der Waals surface area (Å²) in [7, 11) is 0. The van der Waals surface area contributed by atoms with Crippen molar-refractivity contribution in [3.63, 3.8) is 0 Å². The Balaban J connectivity index is 1.59. The molecule has 0 atom stereocenters. The van der Waals surface area contributed by atoms with Crippen molar-refractivity contribution in [3.05, 3.63) is 87.9 Å².